The van der Waals surface area contributed by atoms with Crippen LogP contribution < -0.4 is 5.32 Å². The Bertz CT molecular complexity index is 612. The van der Waals surface area contributed by atoms with Gasteiger partial charge in [-0.25, -0.2) is 9.37 Å². The molecule has 0 unspecified atom stereocenters. The number of nitrogens with one attached hydrogen (secondary N) is 2. The zero-order chi connectivity index (χ0) is 16.2. The highest BCUT2D eigenvalue weighted by molar-refractivity contribution is 5.58. The average Bonchev–Trinajstić information content (AvgIpc) is 3.03. The van der Waals surface area contributed by atoms with Gasteiger partial charge < -0.3 is 10.3 Å². The molecule has 1 aromatic heterocycles. The van der Waals surface area contributed by atoms with Crippen LogP contribution in [0.3, 0.4) is 0 Å². The third-order valence-electron chi connectivity index (χ3n) is 4.72. The van der Waals surface area contributed by atoms with Crippen LogP contribution >= 0.6 is 0 Å². The van der Waals surface area contributed by atoms with Gasteiger partial charge in [-0.3, -0.25) is 0 Å². The Morgan fingerprint density at radius 3 is 2.48 bits per heavy atom. The van der Waals surface area contributed by atoms with Gasteiger partial charge in [0.1, 0.15) is 11.6 Å². The van der Waals surface area contributed by atoms with Crippen molar-refractivity contribution in [1.82, 2.24) is 15.3 Å². The van der Waals surface area contributed by atoms with E-state index in [-0.39, 0.29) is 11.9 Å². The Morgan fingerprint density at radius 2 is 1.83 bits per heavy atom. The molecule has 0 bridgehead atoms. The number of aromatic nitrogens is 2. The average molecular weight is 315 g/mol. The molecule has 1 aliphatic carbocycles. The van der Waals surface area contributed by atoms with E-state index in [9.17, 15) is 4.39 Å². The smallest absolute Gasteiger partial charge is 0.124 e. The molecule has 3 rings (SSSR count). The van der Waals surface area contributed by atoms with Crippen molar-refractivity contribution in [3.05, 3.63) is 42.1 Å². The summed E-state index contributed by atoms with van der Waals surface area (Å²) in [6, 6.07) is 7.32. The lowest BCUT2D eigenvalue weighted by Crippen LogP contribution is -2.37. The minimum atomic E-state index is -0.219. The summed E-state index contributed by atoms with van der Waals surface area (Å²) < 4.78 is 13.1. The fourth-order valence-corrected chi connectivity index (χ4v) is 3.37. The third kappa shape index (κ3) is 3.99. The molecule has 2 aromatic rings. The molecule has 0 saturated heterocycles. The maximum Gasteiger partial charge on any atom is 0.124 e. The maximum atomic E-state index is 13.1. The highest BCUT2D eigenvalue weighted by atomic mass is 19.1. The van der Waals surface area contributed by atoms with Crippen LogP contribution in [0, 0.1) is 11.7 Å². The van der Waals surface area contributed by atoms with Gasteiger partial charge in [-0.05, 0) is 43.0 Å². The largest absolute Gasteiger partial charge is 0.347 e. The van der Waals surface area contributed by atoms with E-state index in [0.717, 1.165) is 17.1 Å². The van der Waals surface area contributed by atoms with E-state index in [1.54, 1.807) is 12.1 Å². The number of hydrogen-bond acceptors (Lipinski definition) is 2. The molecule has 1 fully saturated rings. The summed E-state index contributed by atoms with van der Waals surface area (Å²) in [7, 11) is 0. The molecule has 23 heavy (non-hydrogen) atoms. The van der Waals surface area contributed by atoms with E-state index >= 15 is 0 Å². The van der Waals surface area contributed by atoms with Crippen molar-refractivity contribution in [3.63, 3.8) is 0 Å². The second kappa shape index (κ2) is 7.26. The second-order valence-corrected chi connectivity index (χ2v) is 6.90. The van der Waals surface area contributed by atoms with Crippen LogP contribution in [-0.2, 0) is 0 Å². The molecule has 0 radical (unpaired) electrons. The third-order valence-corrected chi connectivity index (χ3v) is 4.72. The Kier molecular flexibility index (Phi) is 5.11. The van der Waals surface area contributed by atoms with E-state index in [2.05, 4.69) is 24.1 Å². The molecule has 0 amide bonds. The Labute approximate surface area is 137 Å². The van der Waals surface area contributed by atoms with Gasteiger partial charge >= 0.3 is 0 Å². The molecule has 0 spiro atoms. The van der Waals surface area contributed by atoms with Crippen LogP contribution in [0.4, 0.5) is 4.39 Å². The predicted octanol–water partition coefficient (Wildman–Crippen LogP) is 4.84. The van der Waals surface area contributed by atoms with Crippen LogP contribution in [-0.4, -0.2) is 16.0 Å². The molecule has 1 heterocycles. The molecule has 2 N–H and O–H groups in total. The van der Waals surface area contributed by atoms with Gasteiger partial charge in [0, 0.05) is 17.8 Å². The predicted molar refractivity (Wildman–Crippen MR) is 91.6 cm³/mol. The standard InChI is InChI=1S/C19H26FN3/c1-13(2)18(22-16-6-4-3-5-7-16)19-21-12-17(23-19)14-8-10-15(20)11-9-14/h8-13,16,18,22H,3-7H2,1-2H3,(H,21,23)/t18-/m1/s1. The normalized spacial score (nSPS) is 17.6. The van der Waals surface area contributed by atoms with Crippen LogP contribution in [0.2, 0.25) is 0 Å². The first-order valence-corrected chi connectivity index (χ1v) is 8.71. The van der Waals surface area contributed by atoms with Crippen molar-refractivity contribution >= 4 is 0 Å². The number of H-pyrrole nitrogens is 1. The molecule has 1 aliphatic rings. The van der Waals surface area contributed by atoms with Crippen molar-refractivity contribution in [3.8, 4) is 11.3 Å². The summed E-state index contributed by atoms with van der Waals surface area (Å²) in [5, 5.41) is 3.79. The van der Waals surface area contributed by atoms with Crippen molar-refractivity contribution in [2.24, 2.45) is 5.92 Å². The van der Waals surface area contributed by atoms with Crippen molar-refractivity contribution < 1.29 is 4.39 Å². The van der Waals surface area contributed by atoms with E-state index in [0.29, 0.717) is 12.0 Å². The fraction of sp³-hybridized carbons (Fsp3) is 0.526. The van der Waals surface area contributed by atoms with Gasteiger partial charge in [0.2, 0.25) is 0 Å². The summed E-state index contributed by atoms with van der Waals surface area (Å²) >= 11 is 0. The molecular formula is C19H26FN3. The zero-order valence-corrected chi connectivity index (χ0v) is 14.0. The van der Waals surface area contributed by atoms with E-state index in [1.165, 1.54) is 44.2 Å². The fourth-order valence-electron chi connectivity index (χ4n) is 3.37. The summed E-state index contributed by atoms with van der Waals surface area (Å²) in [5.74, 6) is 1.22. The zero-order valence-electron chi connectivity index (χ0n) is 14.0. The van der Waals surface area contributed by atoms with Gasteiger partial charge in [0.15, 0.2) is 0 Å². The van der Waals surface area contributed by atoms with E-state index < -0.39 is 0 Å². The molecule has 1 aromatic carbocycles. The summed E-state index contributed by atoms with van der Waals surface area (Å²) in [6.45, 7) is 4.45. The molecular weight excluding hydrogens is 289 g/mol. The van der Waals surface area contributed by atoms with Gasteiger partial charge in [0.05, 0.1) is 11.7 Å². The highest BCUT2D eigenvalue weighted by Crippen LogP contribution is 2.26. The summed E-state index contributed by atoms with van der Waals surface area (Å²) in [5.41, 5.74) is 1.81. The maximum absolute atomic E-state index is 13.1. The SMILES string of the molecule is CC(C)[C@@H](NC1CCCCC1)c1nc(-c2ccc(F)cc2)c[nH]1. The molecule has 0 aliphatic heterocycles. The first-order valence-electron chi connectivity index (χ1n) is 8.71. The lowest BCUT2D eigenvalue weighted by molar-refractivity contribution is 0.294. The van der Waals surface area contributed by atoms with E-state index in [1.807, 2.05) is 6.20 Å². The Balaban J connectivity index is 1.76. The number of benzene rings is 1. The number of rotatable bonds is 5. The van der Waals surface area contributed by atoms with Crippen molar-refractivity contribution in [2.75, 3.05) is 0 Å². The first-order chi connectivity index (χ1) is 11.1. The number of halogens is 1. The van der Waals surface area contributed by atoms with Crippen LogP contribution in [0.1, 0.15) is 57.8 Å². The van der Waals surface area contributed by atoms with Crippen molar-refractivity contribution in [2.45, 2.75) is 58.0 Å². The number of imidazole rings is 1. The Morgan fingerprint density at radius 1 is 1.13 bits per heavy atom. The minimum Gasteiger partial charge on any atom is -0.347 e. The molecule has 1 saturated carbocycles. The molecule has 1 atom stereocenters. The summed E-state index contributed by atoms with van der Waals surface area (Å²) in [6.07, 6.45) is 8.44. The topological polar surface area (TPSA) is 40.7 Å². The number of aromatic amines is 1. The highest BCUT2D eigenvalue weighted by Gasteiger charge is 2.24. The van der Waals surface area contributed by atoms with Gasteiger partial charge in [0.25, 0.3) is 0 Å². The van der Waals surface area contributed by atoms with Crippen LogP contribution in [0.25, 0.3) is 11.3 Å². The van der Waals surface area contributed by atoms with Crippen LogP contribution in [0.15, 0.2) is 30.5 Å². The lowest BCUT2D eigenvalue weighted by atomic mass is 9.93. The molecule has 124 valence electrons. The number of hydrogen-bond donors (Lipinski definition) is 2. The minimum absolute atomic E-state index is 0.219. The summed E-state index contributed by atoms with van der Waals surface area (Å²) in [4.78, 5) is 8.08. The quantitative estimate of drug-likeness (QED) is 0.829. The second-order valence-electron chi connectivity index (χ2n) is 6.90. The molecule has 3 nitrogen and oxygen atoms in total. The lowest BCUT2D eigenvalue weighted by Gasteiger charge is -2.29. The molecule has 4 heteroatoms. The number of nitrogens with zero attached hydrogens (tertiary/aromatic N) is 1. The van der Waals surface area contributed by atoms with E-state index in [4.69, 9.17) is 4.98 Å². The first kappa shape index (κ1) is 16.2. The van der Waals surface area contributed by atoms with Crippen molar-refractivity contribution in [1.29, 1.82) is 0 Å². The monoisotopic (exact) mass is 315 g/mol. The van der Waals surface area contributed by atoms with Crippen LogP contribution in [0.5, 0.6) is 0 Å². The van der Waals surface area contributed by atoms with Gasteiger partial charge in [-0.1, -0.05) is 33.1 Å². The Hall–Kier alpha value is -1.68. The van der Waals surface area contributed by atoms with Gasteiger partial charge in [-0.15, -0.1) is 0 Å². The van der Waals surface area contributed by atoms with Gasteiger partial charge in [-0.2, -0.15) is 0 Å².